The van der Waals surface area contributed by atoms with E-state index < -0.39 is 17.5 Å². The molecule has 0 amide bonds. The molecular formula is C13H15F3O. The van der Waals surface area contributed by atoms with Crippen molar-refractivity contribution < 1.29 is 17.9 Å². The first-order valence-corrected chi connectivity index (χ1v) is 5.81. The van der Waals surface area contributed by atoms with E-state index in [0.717, 1.165) is 25.0 Å². The minimum atomic E-state index is -0.872. The SMILES string of the molecule is CC(c1c(F)cc(F)cc1F)C1CCOCC1. The highest BCUT2D eigenvalue weighted by Crippen LogP contribution is 2.34. The Balaban J connectivity index is 2.26. The molecule has 1 fully saturated rings. The van der Waals surface area contributed by atoms with Crippen molar-refractivity contribution in [3.63, 3.8) is 0 Å². The molecule has 94 valence electrons. The van der Waals surface area contributed by atoms with E-state index in [1.54, 1.807) is 6.92 Å². The number of halogens is 3. The first kappa shape index (κ1) is 12.4. The molecule has 0 saturated carbocycles. The molecule has 0 bridgehead atoms. The van der Waals surface area contributed by atoms with Crippen molar-refractivity contribution in [2.75, 3.05) is 13.2 Å². The second-order valence-electron chi connectivity index (χ2n) is 4.52. The summed E-state index contributed by atoms with van der Waals surface area (Å²) in [7, 11) is 0. The molecule has 1 aromatic carbocycles. The van der Waals surface area contributed by atoms with Gasteiger partial charge in [0, 0.05) is 30.9 Å². The maximum atomic E-state index is 13.6. The molecule has 0 N–H and O–H groups in total. The predicted molar refractivity (Wildman–Crippen MR) is 58.3 cm³/mol. The van der Waals surface area contributed by atoms with Gasteiger partial charge in [-0.3, -0.25) is 0 Å². The predicted octanol–water partition coefficient (Wildman–Crippen LogP) is 3.63. The Morgan fingerprint density at radius 3 is 2.18 bits per heavy atom. The van der Waals surface area contributed by atoms with Crippen LogP contribution in [0.25, 0.3) is 0 Å². The van der Waals surface area contributed by atoms with Gasteiger partial charge in [-0.2, -0.15) is 0 Å². The van der Waals surface area contributed by atoms with Gasteiger partial charge in [0.25, 0.3) is 0 Å². The molecule has 1 aliphatic heterocycles. The first-order valence-electron chi connectivity index (χ1n) is 5.81. The number of ether oxygens (including phenoxy) is 1. The summed E-state index contributed by atoms with van der Waals surface area (Å²) >= 11 is 0. The summed E-state index contributed by atoms with van der Waals surface area (Å²) in [4.78, 5) is 0. The summed E-state index contributed by atoms with van der Waals surface area (Å²) in [6.07, 6.45) is 1.58. The average molecular weight is 244 g/mol. The molecule has 17 heavy (non-hydrogen) atoms. The standard InChI is InChI=1S/C13H15F3O/c1-8(9-2-4-17-5-3-9)13-11(15)6-10(14)7-12(13)16/h6-9H,2-5H2,1H3. The molecule has 2 rings (SSSR count). The highest BCUT2D eigenvalue weighted by Gasteiger charge is 2.26. The minimum absolute atomic E-state index is 0.00157. The van der Waals surface area contributed by atoms with Crippen molar-refractivity contribution >= 4 is 0 Å². The van der Waals surface area contributed by atoms with Crippen LogP contribution in [0.5, 0.6) is 0 Å². The fraction of sp³-hybridized carbons (Fsp3) is 0.538. The normalized spacial score (nSPS) is 19.3. The average Bonchev–Trinajstić information content (AvgIpc) is 2.28. The maximum Gasteiger partial charge on any atom is 0.132 e. The number of benzene rings is 1. The van der Waals surface area contributed by atoms with E-state index in [4.69, 9.17) is 4.74 Å². The van der Waals surface area contributed by atoms with Crippen molar-refractivity contribution in [2.45, 2.75) is 25.7 Å². The minimum Gasteiger partial charge on any atom is -0.381 e. The van der Waals surface area contributed by atoms with Crippen molar-refractivity contribution in [2.24, 2.45) is 5.92 Å². The number of rotatable bonds is 2. The van der Waals surface area contributed by atoms with E-state index in [0.29, 0.717) is 13.2 Å². The van der Waals surface area contributed by atoms with Gasteiger partial charge in [-0.25, -0.2) is 13.2 Å². The summed E-state index contributed by atoms with van der Waals surface area (Å²) in [6.45, 7) is 3.04. The lowest BCUT2D eigenvalue weighted by molar-refractivity contribution is 0.0588. The highest BCUT2D eigenvalue weighted by molar-refractivity contribution is 5.25. The van der Waals surface area contributed by atoms with Gasteiger partial charge in [0.2, 0.25) is 0 Å². The molecular weight excluding hydrogens is 229 g/mol. The Morgan fingerprint density at radius 2 is 1.65 bits per heavy atom. The molecule has 1 nitrogen and oxygen atoms in total. The Hall–Kier alpha value is -1.03. The first-order chi connectivity index (χ1) is 8.09. The molecule has 1 aliphatic rings. The smallest absolute Gasteiger partial charge is 0.132 e. The zero-order valence-electron chi connectivity index (χ0n) is 9.68. The zero-order valence-corrected chi connectivity index (χ0v) is 9.68. The lowest BCUT2D eigenvalue weighted by Crippen LogP contribution is -2.22. The van der Waals surface area contributed by atoms with Gasteiger partial charge in [-0.15, -0.1) is 0 Å². The Bertz CT molecular complexity index is 377. The highest BCUT2D eigenvalue weighted by atomic mass is 19.1. The summed E-state index contributed by atoms with van der Waals surface area (Å²) in [5, 5.41) is 0. The Morgan fingerprint density at radius 1 is 1.12 bits per heavy atom. The van der Waals surface area contributed by atoms with E-state index in [9.17, 15) is 13.2 Å². The number of hydrogen-bond donors (Lipinski definition) is 0. The van der Waals surface area contributed by atoms with Crippen LogP contribution in [0.2, 0.25) is 0 Å². The van der Waals surface area contributed by atoms with Crippen LogP contribution < -0.4 is 0 Å². The molecule has 0 radical (unpaired) electrons. The quantitative estimate of drug-likeness (QED) is 0.771. The summed E-state index contributed by atoms with van der Waals surface area (Å²) < 4.78 is 45.2. The van der Waals surface area contributed by atoms with Gasteiger partial charge >= 0.3 is 0 Å². The number of hydrogen-bond acceptors (Lipinski definition) is 1. The second kappa shape index (κ2) is 5.08. The fourth-order valence-electron chi connectivity index (χ4n) is 2.44. The molecule has 0 aliphatic carbocycles. The van der Waals surface area contributed by atoms with Crippen molar-refractivity contribution in [3.05, 3.63) is 35.1 Å². The maximum absolute atomic E-state index is 13.6. The summed E-state index contributed by atoms with van der Waals surface area (Å²) in [5.41, 5.74) is -0.00157. The zero-order chi connectivity index (χ0) is 12.4. The van der Waals surface area contributed by atoms with E-state index in [1.165, 1.54) is 0 Å². The summed E-state index contributed by atoms with van der Waals surface area (Å²) in [5.74, 6) is -2.51. The third-order valence-corrected chi connectivity index (χ3v) is 3.47. The largest absolute Gasteiger partial charge is 0.381 e. The monoisotopic (exact) mass is 244 g/mol. The van der Waals surface area contributed by atoms with Crippen molar-refractivity contribution in [1.82, 2.24) is 0 Å². The van der Waals surface area contributed by atoms with Crippen LogP contribution in [-0.4, -0.2) is 13.2 Å². The van der Waals surface area contributed by atoms with Crippen LogP contribution >= 0.6 is 0 Å². The molecule has 1 saturated heterocycles. The van der Waals surface area contributed by atoms with Crippen LogP contribution in [-0.2, 0) is 4.74 Å². The molecule has 0 spiro atoms. The van der Waals surface area contributed by atoms with Gasteiger partial charge in [0.15, 0.2) is 0 Å². The molecule has 1 aromatic rings. The lowest BCUT2D eigenvalue weighted by Gasteiger charge is -2.28. The van der Waals surface area contributed by atoms with E-state index in [2.05, 4.69) is 0 Å². The fourth-order valence-corrected chi connectivity index (χ4v) is 2.44. The van der Waals surface area contributed by atoms with Crippen LogP contribution in [0.4, 0.5) is 13.2 Å². The molecule has 1 heterocycles. The van der Waals surface area contributed by atoms with E-state index in [1.807, 2.05) is 0 Å². The lowest BCUT2D eigenvalue weighted by atomic mass is 9.82. The van der Waals surface area contributed by atoms with Crippen molar-refractivity contribution in [3.8, 4) is 0 Å². The van der Waals surface area contributed by atoms with Crippen LogP contribution in [0.1, 0.15) is 31.2 Å². The molecule has 1 atom stereocenters. The second-order valence-corrected chi connectivity index (χ2v) is 4.52. The van der Waals surface area contributed by atoms with Gasteiger partial charge in [-0.05, 0) is 24.7 Å². The van der Waals surface area contributed by atoms with Crippen LogP contribution in [0.15, 0.2) is 12.1 Å². The molecule has 0 aromatic heterocycles. The van der Waals surface area contributed by atoms with E-state index in [-0.39, 0.29) is 17.4 Å². The third-order valence-electron chi connectivity index (χ3n) is 3.47. The van der Waals surface area contributed by atoms with Gasteiger partial charge < -0.3 is 4.74 Å². The van der Waals surface area contributed by atoms with E-state index >= 15 is 0 Å². The molecule has 4 heteroatoms. The van der Waals surface area contributed by atoms with Gasteiger partial charge in [0.1, 0.15) is 17.5 Å². The summed E-state index contributed by atoms with van der Waals surface area (Å²) in [6, 6.07) is 1.49. The van der Waals surface area contributed by atoms with Gasteiger partial charge in [0.05, 0.1) is 0 Å². The molecule has 1 unspecified atom stereocenters. The topological polar surface area (TPSA) is 9.23 Å². The van der Waals surface area contributed by atoms with Crippen LogP contribution in [0, 0.1) is 23.4 Å². The van der Waals surface area contributed by atoms with Crippen LogP contribution in [0.3, 0.4) is 0 Å². The van der Waals surface area contributed by atoms with Crippen molar-refractivity contribution in [1.29, 1.82) is 0 Å². The Labute approximate surface area is 98.6 Å². The Kier molecular flexibility index (Phi) is 3.72. The third kappa shape index (κ3) is 2.63. The van der Waals surface area contributed by atoms with Gasteiger partial charge in [-0.1, -0.05) is 6.92 Å².